The Morgan fingerprint density at radius 2 is 1.58 bits per heavy atom. The summed E-state index contributed by atoms with van der Waals surface area (Å²) in [6.45, 7) is 4.27. The Morgan fingerprint density at radius 3 is 2.16 bits per heavy atom. The molecule has 0 amide bonds. The van der Waals surface area contributed by atoms with Gasteiger partial charge in [-0.15, -0.1) is 0 Å². The molecule has 0 aromatic carbocycles. The van der Waals surface area contributed by atoms with E-state index in [4.69, 9.17) is 4.42 Å². The van der Waals surface area contributed by atoms with Gasteiger partial charge in [-0.25, -0.2) is 0 Å². The van der Waals surface area contributed by atoms with E-state index >= 15 is 0 Å². The van der Waals surface area contributed by atoms with E-state index in [1.165, 1.54) is 44.9 Å². The van der Waals surface area contributed by atoms with Crippen molar-refractivity contribution in [3.8, 4) is 0 Å². The minimum Gasteiger partial charge on any atom is -0.458 e. The van der Waals surface area contributed by atoms with Gasteiger partial charge in [-0.1, -0.05) is 58.8 Å². The van der Waals surface area contributed by atoms with Gasteiger partial charge in [0, 0.05) is 12.8 Å². The summed E-state index contributed by atoms with van der Waals surface area (Å²) in [5.41, 5.74) is 0. The molecule has 1 rings (SSSR count). The number of carbonyl (C=O) groups excluding carboxylic acids is 1. The Balaban J connectivity index is 2.04. The highest BCUT2D eigenvalue weighted by atomic mass is 16.3. The molecular weight excluding hydrogens is 236 g/mol. The number of aryl methyl sites for hydroxylation is 1. The average molecular weight is 264 g/mol. The van der Waals surface area contributed by atoms with Gasteiger partial charge in [0.1, 0.15) is 5.76 Å². The molecule has 0 radical (unpaired) electrons. The fraction of sp³-hybridized carbons (Fsp3) is 0.706. The molecule has 0 aliphatic rings. The van der Waals surface area contributed by atoms with Gasteiger partial charge in [0.05, 0.1) is 0 Å². The predicted octanol–water partition coefficient (Wildman–Crippen LogP) is 5.56. The molecule has 0 fully saturated rings. The fourth-order valence-electron chi connectivity index (χ4n) is 2.26. The monoisotopic (exact) mass is 264 g/mol. The Kier molecular flexibility index (Phi) is 8.28. The van der Waals surface area contributed by atoms with Crippen molar-refractivity contribution in [2.75, 3.05) is 0 Å². The molecule has 0 unspecified atom stereocenters. The van der Waals surface area contributed by atoms with Crippen molar-refractivity contribution in [1.82, 2.24) is 0 Å². The first-order valence-electron chi connectivity index (χ1n) is 7.89. The second kappa shape index (κ2) is 9.82. The van der Waals surface area contributed by atoms with Crippen molar-refractivity contribution < 1.29 is 9.21 Å². The zero-order chi connectivity index (χ0) is 13.9. The zero-order valence-electron chi connectivity index (χ0n) is 12.5. The molecule has 0 spiro atoms. The summed E-state index contributed by atoms with van der Waals surface area (Å²) in [5, 5.41) is 0. The van der Waals surface area contributed by atoms with E-state index in [1.54, 1.807) is 0 Å². The quantitative estimate of drug-likeness (QED) is 0.387. The minimum atomic E-state index is 0.158. The maximum absolute atomic E-state index is 11.9. The number of carbonyl (C=O) groups is 1. The number of furan rings is 1. The van der Waals surface area contributed by atoms with Gasteiger partial charge in [-0.2, -0.15) is 0 Å². The fourth-order valence-corrected chi connectivity index (χ4v) is 2.26. The first kappa shape index (κ1) is 16.0. The topological polar surface area (TPSA) is 30.2 Å². The lowest BCUT2D eigenvalue weighted by Gasteiger charge is -2.01. The molecule has 0 atom stereocenters. The molecule has 1 heterocycles. The summed E-state index contributed by atoms with van der Waals surface area (Å²) in [6.07, 6.45) is 11.6. The summed E-state index contributed by atoms with van der Waals surface area (Å²) >= 11 is 0. The van der Waals surface area contributed by atoms with Crippen LogP contribution in [0.3, 0.4) is 0 Å². The third-order valence-corrected chi connectivity index (χ3v) is 3.54. The van der Waals surface area contributed by atoms with E-state index in [0.717, 1.165) is 18.6 Å². The Hall–Kier alpha value is -1.05. The van der Waals surface area contributed by atoms with Crippen LogP contribution in [0.4, 0.5) is 0 Å². The summed E-state index contributed by atoms with van der Waals surface area (Å²) < 4.78 is 5.47. The number of rotatable bonds is 11. The molecule has 0 saturated carbocycles. The smallest absolute Gasteiger partial charge is 0.197 e. The number of unbranched alkanes of at least 4 members (excludes halogenated alkanes) is 7. The van der Waals surface area contributed by atoms with E-state index in [9.17, 15) is 4.79 Å². The van der Waals surface area contributed by atoms with Crippen LogP contribution < -0.4 is 0 Å². The van der Waals surface area contributed by atoms with Crippen LogP contribution in [0.1, 0.15) is 87.9 Å². The standard InChI is InChI=1S/C17H28O2/c1-3-5-6-7-8-9-10-11-12-16(18)17-14-13-15(4-2)19-17/h13-14H,3-12H2,1-2H3. The lowest BCUT2D eigenvalue weighted by molar-refractivity contribution is 0.0950. The highest BCUT2D eigenvalue weighted by Gasteiger charge is 2.09. The molecule has 1 aromatic heterocycles. The average Bonchev–Trinajstić information content (AvgIpc) is 2.90. The summed E-state index contributed by atoms with van der Waals surface area (Å²) in [4.78, 5) is 11.9. The van der Waals surface area contributed by atoms with Gasteiger partial charge < -0.3 is 4.42 Å². The summed E-state index contributed by atoms with van der Waals surface area (Å²) in [6, 6.07) is 3.72. The van der Waals surface area contributed by atoms with Crippen molar-refractivity contribution >= 4 is 5.78 Å². The predicted molar refractivity (Wildman–Crippen MR) is 79.6 cm³/mol. The first-order chi connectivity index (χ1) is 9.27. The van der Waals surface area contributed by atoms with Crippen molar-refractivity contribution in [2.45, 2.75) is 78.1 Å². The normalized spacial score (nSPS) is 10.8. The SMILES string of the molecule is CCCCCCCCCCC(=O)c1ccc(CC)o1. The Labute approximate surface area is 117 Å². The largest absolute Gasteiger partial charge is 0.458 e. The van der Waals surface area contributed by atoms with Crippen LogP contribution in [-0.2, 0) is 6.42 Å². The minimum absolute atomic E-state index is 0.158. The summed E-state index contributed by atoms with van der Waals surface area (Å²) in [7, 11) is 0. The molecule has 2 nitrogen and oxygen atoms in total. The molecule has 108 valence electrons. The van der Waals surface area contributed by atoms with Crippen LogP contribution in [0.15, 0.2) is 16.5 Å². The van der Waals surface area contributed by atoms with Crippen LogP contribution in [0.25, 0.3) is 0 Å². The Morgan fingerprint density at radius 1 is 0.947 bits per heavy atom. The maximum Gasteiger partial charge on any atom is 0.197 e. The molecule has 0 aliphatic carbocycles. The van der Waals surface area contributed by atoms with E-state index in [-0.39, 0.29) is 5.78 Å². The van der Waals surface area contributed by atoms with E-state index in [0.29, 0.717) is 12.2 Å². The van der Waals surface area contributed by atoms with Gasteiger partial charge >= 0.3 is 0 Å². The molecule has 0 bridgehead atoms. The lowest BCUT2D eigenvalue weighted by atomic mass is 10.1. The van der Waals surface area contributed by atoms with Crippen molar-refractivity contribution in [2.24, 2.45) is 0 Å². The third-order valence-electron chi connectivity index (χ3n) is 3.54. The van der Waals surface area contributed by atoms with E-state index in [2.05, 4.69) is 6.92 Å². The molecular formula is C17H28O2. The van der Waals surface area contributed by atoms with Crippen LogP contribution in [0, 0.1) is 0 Å². The number of hydrogen-bond acceptors (Lipinski definition) is 2. The van der Waals surface area contributed by atoms with Crippen LogP contribution in [-0.4, -0.2) is 5.78 Å². The van der Waals surface area contributed by atoms with Gasteiger partial charge in [0.2, 0.25) is 0 Å². The highest BCUT2D eigenvalue weighted by Crippen LogP contribution is 2.14. The molecule has 19 heavy (non-hydrogen) atoms. The van der Waals surface area contributed by atoms with Crippen LogP contribution >= 0.6 is 0 Å². The van der Waals surface area contributed by atoms with Gasteiger partial charge in [0.15, 0.2) is 11.5 Å². The Bertz CT molecular complexity index is 352. The van der Waals surface area contributed by atoms with Gasteiger partial charge in [0.25, 0.3) is 0 Å². The second-order valence-corrected chi connectivity index (χ2v) is 5.27. The maximum atomic E-state index is 11.9. The van der Waals surface area contributed by atoms with E-state index < -0.39 is 0 Å². The molecule has 0 aliphatic heterocycles. The first-order valence-corrected chi connectivity index (χ1v) is 7.89. The molecule has 1 aromatic rings. The number of ketones is 1. The lowest BCUT2D eigenvalue weighted by Crippen LogP contribution is -1.96. The summed E-state index contributed by atoms with van der Waals surface area (Å²) in [5.74, 6) is 1.60. The second-order valence-electron chi connectivity index (χ2n) is 5.27. The van der Waals surface area contributed by atoms with Crippen molar-refractivity contribution in [3.63, 3.8) is 0 Å². The highest BCUT2D eigenvalue weighted by molar-refractivity contribution is 5.93. The third kappa shape index (κ3) is 6.60. The van der Waals surface area contributed by atoms with Crippen molar-refractivity contribution in [1.29, 1.82) is 0 Å². The molecule has 0 saturated heterocycles. The molecule has 0 N–H and O–H groups in total. The van der Waals surface area contributed by atoms with Crippen molar-refractivity contribution in [3.05, 3.63) is 23.7 Å². The van der Waals surface area contributed by atoms with Gasteiger partial charge in [-0.3, -0.25) is 4.79 Å². The molecule has 2 heteroatoms. The van der Waals surface area contributed by atoms with E-state index in [1.807, 2.05) is 19.1 Å². The number of hydrogen-bond donors (Lipinski definition) is 0. The zero-order valence-corrected chi connectivity index (χ0v) is 12.5. The van der Waals surface area contributed by atoms with Crippen LogP contribution in [0.5, 0.6) is 0 Å². The van der Waals surface area contributed by atoms with Gasteiger partial charge in [-0.05, 0) is 18.6 Å². The number of Topliss-reactive ketones (excluding diaryl/α,β-unsaturated/α-hetero) is 1. The van der Waals surface area contributed by atoms with Crippen LogP contribution in [0.2, 0.25) is 0 Å².